The molecule has 0 bridgehead atoms. The summed E-state index contributed by atoms with van der Waals surface area (Å²) in [4.78, 5) is 42.1. The zero-order chi connectivity index (χ0) is 44.1. The molecule has 3 aliphatic heterocycles. The molecule has 4 aromatic rings. The fraction of sp³-hybridized carbons (Fsp3) is 0.383. The molecule has 4 aromatic carbocycles. The van der Waals surface area contributed by atoms with Crippen molar-refractivity contribution in [2.45, 2.75) is 82.3 Å². The number of fused-ring (bicyclic) bond motifs is 1. The van der Waals surface area contributed by atoms with Crippen molar-refractivity contribution in [3.05, 3.63) is 131 Å². The molecule has 0 spiro atoms. The Hall–Kier alpha value is -5.36. The molecule has 3 heterocycles. The third kappa shape index (κ3) is 8.67. The minimum absolute atomic E-state index is 0.00145. The molecule has 324 valence electrons. The zero-order valence-corrected chi connectivity index (χ0v) is 36.9. The van der Waals surface area contributed by atoms with Crippen LogP contribution in [0.15, 0.2) is 124 Å². The van der Waals surface area contributed by atoms with Crippen LogP contribution in [0.2, 0.25) is 0 Å². The van der Waals surface area contributed by atoms with Crippen molar-refractivity contribution in [3.8, 4) is 17.6 Å². The van der Waals surface area contributed by atoms with Gasteiger partial charge in [0, 0.05) is 24.1 Å². The molecule has 0 radical (unpaired) electrons. The predicted molar refractivity (Wildman–Crippen MR) is 241 cm³/mol. The highest BCUT2D eigenvalue weighted by Crippen LogP contribution is 2.63. The van der Waals surface area contributed by atoms with E-state index in [0.29, 0.717) is 22.9 Å². The van der Waals surface area contributed by atoms with Gasteiger partial charge in [-0.15, -0.1) is 4.67 Å². The minimum atomic E-state index is -3.42. The van der Waals surface area contributed by atoms with E-state index in [1.165, 1.54) is 6.34 Å². The molecule has 7 rings (SSSR count). The van der Waals surface area contributed by atoms with Crippen LogP contribution in [0, 0.1) is 11.3 Å². The van der Waals surface area contributed by atoms with Crippen molar-refractivity contribution >= 4 is 31.5 Å². The SMILES string of the molecule is COc1ccc(C(OC[C@H]2O[C@@H](N3CN=C4C3=NC=NC4(N)C(=O)c3ccccc3)C[C@@H]2O[P+](O)(CCC#N)N(C(C)C)C(C)C)(c2ccccc2)c2ccc(OC)cc2)cc1. The quantitative estimate of drug-likeness (QED) is 0.0599. The molecule has 0 saturated carbocycles. The second kappa shape index (κ2) is 18.9. The number of carbonyl (C=O) groups excluding carboxylic acids is 1. The summed E-state index contributed by atoms with van der Waals surface area (Å²) in [5, 5.41) is 9.76. The van der Waals surface area contributed by atoms with Gasteiger partial charge in [0.15, 0.2) is 5.84 Å². The van der Waals surface area contributed by atoms with Crippen molar-refractivity contribution in [1.29, 1.82) is 5.26 Å². The van der Waals surface area contributed by atoms with Gasteiger partial charge in [0.2, 0.25) is 11.4 Å². The molecule has 14 nitrogen and oxygen atoms in total. The van der Waals surface area contributed by atoms with Crippen LogP contribution in [0.3, 0.4) is 0 Å². The maximum atomic E-state index is 13.9. The normalized spacial score (nSPS) is 22.0. The molecule has 2 unspecified atom stereocenters. The number of nitriles is 1. The first-order valence-electron chi connectivity index (χ1n) is 20.8. The molecule has 0 aliphatic carbocycles. The van der Waals surface area contributed by atoms with Crippen molar-refractivity contribution in [2.24, 2.45) is 20.7 Å². The Kier molecular flexibility index (Phi) is 13.7. The molecule has 3 aliphatic rings. The summed E-state index contributed by atoms with van der Waals surface area (Å²) in [5.41, 5.74) is 7.00. The molecule has 1 saturated heterocycles. The van der Waals surface area contributed by atoms with E-state index in [0.717, 1.165) is 16.7 Å². The van der Waals surface area contributed by atoms with E-state index < -0.39 is 43.4 Å². The molecule has 0 amide bonds. The van der Waals surface area contributed by atoms with Gasteiger partial charge < -0.3 is 23.8 Å². The van der Waals surface area contributed by atoms with Crippen LogP contribution in [-0.2, 0) is 19.6 Å². The third-order valence-electron chi connectivity index (χ3n) is 11.5. The number of benzene rings is 4. The summed E-state index contributed by atoms with van der Waals surface area (Å²) < 4.78 is 34.4. The summed E-state index contributed by atoms with van der Waals surface area (Å²) in [5.74, 6) is 1.34. The van der Waals surface area contributed by atoms with E-state index in [4.69, 9.17) is 34.2 Å². The fourth-order valence-corrected chi connectivity index (χ4v) is 11.6. The first-order chi connectivity index (χ1) is 29.9. The number of ketones is 1. The number of rotatable bonds is 18. The number of hydrogen-bond acceptors (Lipinski definition) is 14. The maximum absolute atomic E-state index is 13.9. The van der Waals surface area contributed by atoms with Crippen LogP contribution >= 0.6 is 7.87 Å². The second-order valence-corrected chi connectivity index (χ2v) is 18.4. The lowest BCUT2D eigenvalue weighted by Gasteiger charge is -2.38. The number of Topliss-reactive ketones (excluding diaryl/α,β-unsaturated/α-hetero) is 1. The van der Waals surface area contributed by atoms with Gasteiger partial charge in [-0.25, -0.2) is 14.9 Å². The first kappa shape index (κ1) is 44.7. The number of hydrogen-bond donors (Lipinski definition) is 2. The number of nitrogens with two attached hydrogens (primary N) is 1. The average Bonchev–Trinajstić information content (AvgIpc) is 3.91. The third-order valence-corrected chi connectivity index (χ3v) is 14.5. The summed E-state index contributed by atoms with van der Waals surface area (Å²) in [7, 11) is -0.168. The predicted octanol–water partition coefficient (Wildman–Crippen LogP) is 6.99. The Bertz CT molecular complexity index is 2250. The van der Waals surface area contributed by atoms with E-state index in [1.807, 2.05) is 122 Å². The van der Waals surface area contributed by atoms with Crippen LogP contribution in [0.25, 0.3) is 0 Å². The average molecular weight is 861 g/mol. The minimum Gasteiger partial charge on any atom is -0.497 e. The van der Waals surface area contributed by atoms with Gasteiger partial charge in [-0.05, 0) is 68.7 Å². The standard InChI is InChI=1S/C47H55N7O7P/c1-32(2)54(33(3)4)62(56,27-13-26-48)61-40-28-42(53-31-51-43-45(53)50-30-52-47(43,49)44(55)34-14-9-7-10-15-34)60-41(40)29-59-46(35-16-11-8-12-17-35,36-18-22-38(57-5)23-19-36)37-20-24-39(58-6)25-21-37/h7-12,14-25,30,32-33,40-42,56H,13,27-29,31,49H2,1-6H3/q+1/t40-,41+,42+,47?,62?/m0/s1. The maximum Gasteiger partial charge on any atom is 0.347 e. The number of methoxy groups -OCH3 is 2. The molecule has 5 atom stereocenters. The lowest BCUT2D eigenvalue weighted by atomic mass is 9.80. The van der Waals surface area contributed by atoms with Crippen LogP contribution in [0.1, 0.15) is 67.6 Å². The fourth-order valence-electron chi connectivity index (χ4n) is 8.67. The highest BCUT2D eigenvalue weighted by Gasteiger charge is 2.56. The lowest BCUT2D eigenvalue weighted by Crippen LogP contribution is -2.59. The largest absolute Gasteiger partial charge is 0.497 e. The van der Waals surface area contributed by atoms with Crippen molar-refractivity contribution < 1.29 is 33.2 Å². The van der Waals surface area contributed by atoms with Crippen molar-refractivity contribution in [1.82, 2.24) is 9.57 Å². The number of amidine groups is 1. The van der Waals surface area contributed by atoms with Crippen LogP contribution < -0.4 is 15.2 Å². The van der Waals surface area contributed by atoms with Crippen LogP contribution in [0.5, 0.6) is 11.5 Å². The number of ether oxygens (including phenoxy) is 4. The van der Waals surface area contributed by atoms with E-state index in [-0.39, 0.29) is 50.1 Å². The second-order valence-electron chi connectivity index (χ2n) is 16.0. The number of aliphatic imine (C=N–C) groups is 3. The van der Waals surface area contributed by atoms with E-state index in [9.17, 15) is 14.9 Å². The lowest BCUT2D eigenvalue weighted by molar-refractivity contribution is -0.0974. The summed E-state index contributed by atoms with van der Waals surface area (Å²) in [6.45, 7) is 8.12. The smallest absolute Gasteiger partial charge is 0.347 e. The molecular weight excluding hydrogens is 806 g/mol. The number of carbonyl (C=O) groups is 1. The zero-order valence-electron chi connectivity index (χ0n) is 36.0. The molecule has 62 heavy (non-hydrogen) atoms. The van der Waals surface area contributed by atoms with Crippen molar-refractivity contribution in [3.63, 3.8) is 0 Å². The van der Waals surface area contributed by atoms with Gasteiger partial charge in [-0.2, -0.15) is 9.79 Å². The molecule has 3 N–H and O–H groups in total. The van der Waals surface area contributed by atoms with Gasteiger partial charge in [0.25, 0.3) is 0 Å². The first-order valence-corrected chi connectivity index (χ1v) is 22.6. The van der Waals surface area contributed by atoms with E-state index in [1.54, 1.807) is 38.5 Å². The highest BCUT2D eigenvalue weighted by molar-refractivity contribution is 7.63. The van der Waals surface area contributed by atoms with Gasteiger partial charge in [0.05, 0.1) is 33.3 Å². The Balaban J connectivity index is 1.28. The van der Waals surface area contributed by atoms with Gasteiger partial charge in [-0.1, -0.05) is 84.9 Å². The van der Waals surface area contributed by atoms with E-state index >= 15 is 0 Å². The molecule has 0 aromatic heterocycles. The van der Waals surface area contributed by atoms with Gasteiger partial charge in [-0.3, -0.25) is 15.5 Å². The Morgan fingerprint density at radius 1 is 0.935 bits per heavy atom. The summed E-state index contributed by atoms with van der Waals surface area (Å²) in [6.07, 6.45) is -0.391. The van der Waals surface area contributed by atoms with Gasteiger partial charge >= 0.3 is 7.87 Å². The summed E-state index contributed by atoms with van der Waals surface area (Å²) in [6, 6.07) is 36.3. The number of nitrogens with zero attached hydrogens (tertiary/aromatic N) is 6. The van der Waals surface area contributed by atoms with Crippen molar-refractivity contribution in [2.75, 3.05) is 33.7 Å². The molecular formula is C47H55N7O7P+. The highest BCUT2D eigenvalue weighted by atomic mass is 31.2. The van der Waals surface area contributed by atoms with Gasteiger partial charge in [0.1, 0.15) is 60.4 Å². The van der Waals surface area contributed by atoms with E-state index in [2.05, 4.69) is 16.1 Å². The Morgan fingerprint density at radius 3 is 2.05 bits per heavy atom. The summed E-state index contributed by atoms with van der Waals surface area (Å²) >= 11 is 0. The Labute approximate surface area is 364 Å². The van der Waals surface area contributed by atoms with Crippen LogP contribution in [-0.4, -0.2) is 108 Å². The monoisotopic (exact) mass is 860 g/mol. The topological polar surface area (TPSA) is 177 Å². The molecule has 1 fully saturated rings. The van der Waals surface area contributed by atoms with Crippen LogP contribution in [0.4, 0.5) is 0 Å². The Morgan fingerprint density at radius 2 is 1.50 bits per heavy atom. The molecule has 15 heteroatoms.